The Morgan fingerprint density at radius 2 is 1.85 bits per heavy atom. The molecular formula is C16H28N2O2. The van der Waals surface area contributed by atoms with Crippen molar-refractivity contribution >= 4 is 0 Å². The van der Waals surface area contributed by atoms with E-state index in [1.54, 1.807) is 14.2 Å². The molecule has 2 atom stereocenters. The Morgan fingerprint density at radius 3 is 2.25 bits per heavy atom. The number of methoxy groups -OCH3 is 2. The smallest absolute Gasteiger partial charge is 0.124 e. The van der Waals surface area contributed by atoms with Crippen LogP contribution in [0.2, 0.25) is 0 Å². The summed E-state index contributed by atoms with van der Waals surface area (Å²) < 4.78 is 10.9. The molecule has 0 fully saturated rings. The largest absolute Gasteiger partial charge is 0.497 e. The molecule has 2 N–H and O–H groups in total. The van der Waals surface area contributed by atoms with E-state index in [2.05, 4.69) is 32.8 Å². The summed E-state index contributed by atoms with van der Waals surface area (Å²) in [7, 11) is 7.48. The van der Waals surface area contributed by atoms with Crippen LogP contribution in [0.25, 0.3) is 0 Å². The van der Waals surface area contributed by atoms with Crippen LogP contribution in [0, 0.1) is 0 Å². The number of rotatable bonds is 7. The summed E-state index contributed by atoms with van der Waals surface area (Å²) in [6.45, 7) is 4.28. The zero-order valence-electron chi connectivity index (χ0n) is 13.6. The average molecular weight is 280 g/mol. The monoisotopic (exact) mass is 280 g/mol. The Kier molecular flexibility index (Phi) is 5.84. The van der Waals surface area contributed by atoms with Gasteiger partial charge in [-0.15, -0.1) is 0 Å². The average Bonchev–Trinajstić information content (AvgIpc) is 2.46. The zero-order valence-corrected chi connectivity index (χ0v) is 13.6. The predicted molar refractivity (Wildman–Crippen MR) is 83.5 cm³/mol. The highest BCUT2D eigenvalue weighted by atomic mass is 16.5. The van der Waals surface area contributed by atoms with Gasteiger partial charge >= 0.3 is 0 Å². The van der Waals surface area contributed by atoms with Crippen LogP contribution < -0.4 is 15.2 Å². The Hall–Kier alpha value is -1.26. The maximum Gasteiger partial charge on any atom is 0.124 e. The Bertz CT molecular complexity index is 434. The maximum atomic E-state index is 6.80. The fraction of sp³-hybridized carbons (Fsp3) is 0.625. The third kappa shape index (κ3) is 3.07. The van der Waals surface area contributed by atoms with Crippen LogP contribution in [0.1, 0.15) is 32.3 Å². The zero-order chi connectivity index (χ0) is 15.3. The molecule has 2 unspecified atom stereocenters. The van der Waals surface area contributed by atoms with E-state index in [0.29, 0.717) is 0 Å². The van der Waals surface area contributed by atoms with Gasteiger partial charge in [0.05, 0.1) is 19.8 Å². The molecule has 0 heterocycles. The first kappa shape index (κ1) is 16.8. The summed E-state index contributed by atoms with van der Waals surface area (Å²) in [6.07, 6.45) is 1.80. The lowest BCUT2D eigenvalue weighted by molar-refractivity contribution is 0.161. The predicted octanol–water partition coefficient (Wildman–Crippen LogP) is 2.61. The molecule has 0 amide bonds. The van der Waals surface area contributed by atoms with Gasteiger partial charge in [0, 0.05) is 11.6 Å². The van der Waals surface area contributed by atoms with Crippen LogP contribution in [0.15, 0.2) is 18.2 Å². The molecule has 0 saturated heterocycles. The third-order valence-corrected chi connectivity index (χ3v) is 4.10. The van der Waals surface area contributed by atoms with Gasteiger partial charge in [0.25, 0.3) is 0 Å². The Labute approximate surface area is 122 Å². The number of hydrogen-bond donors (Lipinski definition) is 1. The van der Waals surface area contributed by atoms with Gasteiger partial charge < -0.3 is 20.1 Å². The standard InChI is InChI=1S/C16H28N2O2/c1-7-15(18(3)4)16(17,8-2)13-11-12(19-5)9-10-14(13)20-6/h9-11,15H,7-8,17H2,1-6H3. The minimum Gasteiger partial charge on any atom is -0.497 e. The number of nitrogens with zero attached hydrogens (tertiary/aromatic N) is 1. The van der Waals surface area contributed by atoms with Crippen molar-refractivity contribution < 1.29 is 9.47 Å². The lowest BCUT2D eigenvalue weighted by Crippen LogP contribution is -2.53. The molecule has 0 aliphatic carbocycles. The van der Waals surface area contributed by atoms with Gasteiger partial charge in [0.15, 0.2) is 0 Å². The van der Waals surface area contributed by atoms with Crippen LogP contribution in [0.4, 0.5) is 0 Å². The summed E-state index contributed by atoms with van der Waals surface area (Å²) in [5.74, 6) is 1.62. The van der Waals surface area contributed by atoms with Gasteiger partial charge in [-0.2, -0.15) is 0 Å². The molecule has 0 bridgehead atoms. The first-order valence-electron chi connectivity index (χ1n) is 7.12. The van der Waals surface area contributed by atoms with Gasteiger partial charge in [0.1, 0.15) is 11.5 Å². The van der Waals surface area contributed by atoms with E-state index in [1.807, 2.05) is 18.2 Å². The molecule has 1 rings (SSSR count). The van der Waals surface area contributed by atoms with Gasteiger partial charge in [-0.05, 0) is 45.1 Å². The highest BCUT2D eigenvalue weighted by Gasteiger charge is 2.37. The van der Waals surface area contributed by atoms with Crippen molar-refractivity contribution in [3.05, 3.63) is 23.8 Å². The quantitative estimate of drug-likeness (QED) is 0.834. The molecule has 0 aromatic heterocycles. The topological polar surface area (TPSA) is 47.7 Å². The fourth-order valence-corrected chi connectivity index (χ4v) is 2.97. The number of nitrogens with two attached hydrogens (primary N) is 1. The second kappa shape index (κ2) is 6.95. The Balaban J connectivity index is 3.41. The summed E-state index contributed by atoms with van der Waals surface area (Å²) in [5.41, 5.74) is 7.33. The van der Waals surface area contributed by atoms with E-state index in [4.69, 9.17) is 15.2 Å². The van der Waals surface area contributed by atoms with E-state index in [0.717, 1.165) is 29.9 Å². The minimum atomic E-state index is -0.474. The van der Waals surface area contributed by atoms with Crippen molar-refractivity contribution in [2.75, 3.05) is 28.3 Å². The minimum absolute atomic E-state index is 0.230. The van der Waals surface area contributed by atoms with E-state index in [1.165, 1.54) is 0 Å². The first-order valence-corrected chi connectivity index (χ1v) is 7.12. The molecule has 0 aliphatic rings. The second-order valence-corrected chi connectivity index (χ2v) is 5.35. The summed E-state index contributed by atoms with van der Waals surface area (Å²) >= 11 is 0. The molecule has 4 nitrogen and oxygen atoms in total. The lowest BCUT2D eigenvalue weighted by atomic mass is 9.79. The molecular weight excluding hydrogens is 252 g/mol. The number of likely N-dealkylation sites (N-methyl/N-ethyl adjacent to an activating group) is 1. The molecule has 0 aliphatic heterocycles. The summed E-state index contributed by atoms with van der Waals surface area (Å²) in [4.78, 5) is 2.18. The van der Waals surface area contributed by atoms with Gasteiger partial charge in [-0.3, -0.25) is 0 Å². The van der Waals surface area contributed by atoms with Crippen LogP contribution in [0.3, 0.4) is 0 Å². The summed E-state index contributed by atoms with van der Waals surface area (Å²) in [5, 5.41) is 0. The van der Waals surface area contributed by atoms with E-state index < -0.39 is 5.54 Å². The molecule has 0 saturated carbocycles. The third-order valence-electron chi connectivity index (χ3n) is 4.10. The molecule has 20 heavy (non-hydrogen) atoms. The van der Waals surface area contributed by atoms with Crippen molar-refractivity contribution in [1.29, 1.82) is 0 Å². The van der Waals surface area contributed by atoms with Crippen LogP contribution in [0.5, 0.6) is 11.5 Å². The molecule has 0 spiro atoms. The second-order valence-electron chi connectivity index (χ2n) is 5.35. The normalized spacial score (nSPS) is 15.8. The van der Waals surface area contributed by atoms with Gasteiger partial charge in [-0.25, -0.2) is 0 Å². The highest BCUT2D eigenvalue weighted by molar-refractivity contribution is 5.45. The molecule has 114 valence electrons. The molecule has 4 heteroatoms. The van der Waals surface area contributed by atoms with Crippen molar-refractivity contribution in [3.63, 3.8) is 0 Å². The first-order chi connectivity index (χ1) is 9.44. The summed E-state index contributed by atoms with van der Waals surface area (Å²) in [6, 6.07) is 6.05. The maximum absolute atomic E-state index is 6.80. The van der Waals surface area contributed by atoms with Crippen LogP contribution >= 0.6 is 0 Å². The van der Waals surface area contributed by atoms with E-state index in [9.17, 15) is 0 Å². The SMILES string of the molecule is CCC(N(C)C)C(N)(CC)c1cc(OC)ccc1OC. The lowest BCUT2D eigenvalue weighted by Gasteiger charge is -2.41. The fourth-order valence-electron chi connectivity index (χ4n) is 2.97. The highest BCUT2D eigenvalue weighted by Crippen LogP contribution is 2.38. The van der Waals surface area contributed by atoms with Gasteiger partial charge in [-0.1, -0.05) is 13.8 Å². The number of ether oxygens (including phenoxy) is 2. The van der Waals surface area contributed by atoms with Crippen molar-refractivity contribution in [2.45, 2.75) is 38.3 Å². The van der Waals surface area contributed by atoms with E-state index in [-0.39, 0.29) is 6.04 Å². The van der Waals surface area contributed by atoms with Crippen LogP contribution in [-0.2, 0) is 5.54 Å². The van der Waals surface area contributed by atoms with E-state index >= 15 is 0 Å². The molecule has 1 aromatic rings. The molecule has 1 aromatic carbocycles. The van der Waals surface area contributed by atoms with Crippen LogP contribution in [-0.4, -0.2) is 39.3 Å². The van der Waals surface area contributed by atoms with Gasteiger partial charge in [0.2, 0.25) is 0 Å². The Morgan fingerprint density at radius 1 is 1.20 bits per heavy atom. The number of hydrogen-bond acceptors (Lipinski definition) is 4. The van der Waals surface area contributed by atoms with Crippen molar-refractivity contribution in [2.24, 2.45) is 5.73 Å². The molecule has 0 radical (unpaired) electrons. The van der Waals surface area contributed by atoms with Crippen molar-refractivity contribution in [1.82, 2.24) is 4.90 Å². The number of benzene rings is 1. The van der Waals surface area contributed by atoms with Crippen molar-refractivity contribution in [3.8, 4) is 11.5 Å².